The molecule has 1 aliphatic heterocycles. The van der Waals surface area contributed by atoms with Crippen molar-refractivity contribution < 1.29 is 28.6 Å². The van der Waals surface area contributed by atoms with E-state index in [0.717, 1.165) is 27.9 Å². The third kappa shape index (κ3) is 10.2. The average Bonchev–Trinajstić information content (AvgIpc) is 3.65. The van der Waals surface area contributed by atoms with Gasteiger partial charge in [-0.05, 0) is 61.9 Å². The molecule has 4 aromatic carbocycles. The van der Waals surface area contributed by atoms with Crippen molar-refractivity contribution in [2.24, 2.45) is 0 Å². The maximum atomic E-state index is 14.3. The lowest BCUT2D eigenvalue weighted by atomic mass is 9.84. The van der Waals surface area contributed by atoms with Crippen LogP contribution in [0.4, 0.5) is 15.3 Å². The molecule has 1 fully saturated rings. The van der Waals surface area contributed by atoms with E-state index in [4.69, 9.17) is 14.2 Å². The normalized spacial score (nSPS) is 16.3. The number of para-hydroxylation sites is 1. The van der Waals surface area contributed by atoms with Crippen molar-refractivity contribution in [1.82, 2.24) is 25.2 Å². The first kappa shape index (κ1) is 38.7. The Morgan fingerprint density at radius 2 is 1.49 bits per heavy atom. The largest absolute Gasteiger partial charge is 0.453 e. The van der Waals surface area contributed by atoms with Crippen molar-refractivity contribution in [3.63, 3.8) is 0 Å². The molecule has 0 unspecified atom stereocenters. The van der Waals surface area contributed by atoms with Gasteiger partial charge in [-0.3, -0.25) is 9.69 Å². The molecule has 0 bridgehead atoms. The molecule has 55 heavy (non-hydrogen) atoms. The minimum atomic E-state index is -1.00. The first-order valence-electron chi connectivity index (χ1n) is 18.5. The average molecular weight is 745 g/mol. The number of carbonyl (C=O) groups is 3. The summed E-state index contributed by atoms with van der Waals surface area (Å²) in [5.74, 6) is -0.903. The molecule has 0 saturated carbocycles. The predicted octanol–water partition coefficient (Wildman–Crippen LogP) is 7.13. The number of alkyl carbamates (subject to hydrolysis) is 1. The summed E-state index contributed by atoms with van der Waals surface area (Å²) in [6.45, 7) is 6.54. The number of aryl methyl sites for hydroxylation is 1. The molecular weight excluding hydrogens is 697 g/mol. The standard InChI is InChI=1S/C43H48N6O6/c1-43(2,3)55-42(52)48-28-34(54-29-37(48)36-26-44-47-49(36)27-30-16-8-5-9-17-30)25-24-31-18-14-15-23-35(31)45-40(50)39(46-41(51)53-4)38(32-19-10-6-11-20-32)33-21-12-7-13-22-33/h5-23,26,34,37-39H,24-25,27-29H2,1-4H3,(H,45,50)(H,46,51)/t34-,37+,39+/m1/s1. The van der Waals surface area contributed by atoms with E-state index in [9.17, 15) is 14.4 Å². The molecule has 3 atom stereocenters. The van der Waals surface area contributed by atoms with E-state index in [1.54, 1.807) is 15.8 Å². The van der Waals surface area contributed by atoms with Gasteiger partial charge in [0, 0.05) is 11.6 Å². The summed E-state index contributed by atoms with van der Waals surface area (Å²) in [6.07, 6.45) is 1.29. The highest BCUT2D eigenvalue weighted by atomic mass is 16.6. The van der Waals surface area contributed by atoms with Crippen molar-refractivity contribution in [3.05, 3.63) is 149 Å². The van der Waals surface area contributed by atoms with Gasteiger partial charge < -0.3 is 24.8 Å². The summed E-state index contributed by atoms with van der Waals surface area (Å²) in [4.78, 5) is 42.4. The van der Waals surface area contributed by atoms with E-state index >= 15 is 0 Å². The molecule has 1 saturated heterocycles. The lowest BCUT2D eigenvalue weighted by molar-refractivity contribution is -0.118. The highest BCUT2D eigenvalue weighted by Crippen LogP contribution is 2.32. The van der Waals surface area contributed by atoms with Gasteiger partial charge in [0.15, 0.2) is 0 Å². The fourth-order valence-electron chi connectivity index (χ4n) is 6.83. The quantitative estimate of drug-likeness (QED) is 0.138. The molecule has 0 radical (unpaired) electrons. The second kappa shape index (κ2) is 17.9. The highest BCUT2D eigenvalue weighted by molar-refractivity contribution is 5.98. The Morgan fingerprint density at radius 3 is 2.13 bits per heavy atom. The number of nitrogens with zero attached hydrogens (tertiary/aromatic N) is 4. The van der Waals surface area contributed by atoms with Crippen molar-refractivity contribution in [2.45, 2.75) is 69.9 Å². The molecule has 6 rings (SSSR count). The van der Waals surface area contributed by atoms with Crippen LogP contribution in [-0.4, -0.2) is 76.0 Å². The Kier molecular flexibility index (Phi) is 12.6. The summed E-state index contributed by atoms with van der Waals surface area (Å²) in [6, 6.07) is 35.2. The molecular formula is C43H48N6O6. The van der Waals surface area contributed by atoms with Crippen molar-refractivity contribution in [3.8, 4) is 0 Å². The Hall–Kier alpha value is -6.01. The number of benzene rings is 4. The number of hydrogen-bond acceptors (Lipinski definition) is 8. The number of aromatic nitrogens is 3. The third-order valence-electron chi connectivity index (χ3n) is 9.46. The number of ether oxygens (including phenoxy) is 3. The Labute approximate surface area is 321 Å². The van der Waals surface area contributed by atoms with Crippen LogP contribution in [0.25, 0.3) is 0 Å². The molecule has 12 nitrogen and oxygen atoms in total. The zero-order chi connectivity index (χ0) is 38.8. The van der Waals surface area contributed by atoms with Gasteiger partial charge in [0.2, 0.25) is 5.91 Å². The van der Waals surface area contributed by atoms with E-state index < -0.39 is 41.7 Å². The summed E-state index contributed by atoms with van der Waals surface area (Å²) >= 11 is 0. The maximum absolute atomic E-state index is 14.3. The third-order valence-corrected chi connectivity index (χ3v) is 9.46. The fraction of sp³-hybridized carbons (Fsp3) is 0.326. The topological polar surface area (TPSA) is 137 Å². The second-order valence-corrected chi connectivity index (χ2v) is 14.5. The Bertz CT molecular complexity index is 1980. The van der Waals surface area contributed by atoms with Crippen LogP contribution in [0.5, 0.6) is 0 Å². The first-order valence-corrected chi connectivity index (χ1v) is 18.5. The van der Waals surface area contributed by atoms with E-state index in [2.05, 4.69) is 20.9 Å². The van der Waals surface area contributed by atoms with Gasteiger partial charge in [-0.15, -0.1) is 5.10 Å². The van der Waals surface area contributed by atoms with Crippen molar-refractivity contribution >= 4 is 23.8 Å². The molecule has 286 valence electrons. The molecule has 0 aliphatic carbocycles. The summed E-state index contributed by atoms with van der Waals surface area (Å²) in [5.41, 5.74) is 4.32. The number of morpholine rings is 1. The van der Waals surface area contributed by atoms with E-state index in [0.29, 0.717) is 25.1 Å². The van der Waals surface area contributed by atoms with E-state index in [1.165, 1.54) is 7.11 Å². The van der Waals surface area contributed by atoms with Gasteiger partial charge in [-0.1, -0.05) is 114 Å². The number of methoxy groups -OCH3 is 1. The van der Waals surface area contributed by atoms with Crippen molar-refractivity contribution in [2.75, 3.05) is 25.6 Å². The minimum Gasteiger partial charge on any atom is -0.453 e. The van der Waals surface area contributed by atoms with Crippen LogP contribution in [0.1, 0.15) is 67.1 Å². The summed E-state index contributed by atoms with van der Waals surface area (Å²) in [5, 5.41) is 14.4. The monoisotopic (exact) mass is 744 g/mol. The molecule has 3 amide bonds. The number of carbonyl (C=O) groups excluding carboxylic acids is 3. The lowest BCUT2D eigenvalue weighted by Gasteiger charge is -2.40. The number of hydrogen-bond donors (Lipinski definition) is 2. The number of anilines is 1. The van der Waals surface area contributed by atoms with E-state index in [1.807, 2.05) is 136 Å². The van der Waals surface area contributed by atoms with Crippen LogP contribution >= 0.6 is 0 Å². The molecule has 1 aromatic heterocycles. The highest BCUT2D eigenvalue weighted by Gasteiger charge is 2.38. The smallest absolute Gasteiger partial charge is 0.411 e. The number of amides is 3. The van der Waals surface area contributed by atoms with Gasteiger partial charge in [-0.25, -0.2) is 14.3 Å². The molecule has 12 heteroatoms. The SMILES string of the molecule is COC(=O)N[C@H](C(=O)Nc1ccccc1CC[C@@H]1CN(C(=O)OC(C)(C)C)[C@H](c2cnnn2Cc2ccccc2)CO1)C(c1ccccc1)c1ccccc1. The van der Waals surface area contributed by atoms with Crippen molar-refractivity contribution in [1.29, 1.82) is 0 Å². The zero-order valence-corrected chi connectivity index (χ0v) is 31.6. The van der Waals surface area contributed by atoms with Gasteiger partial charge >= 0.3 is 12.2 Å². The summed E-state index contributed by atoms with van der Waals surface area (Å²) < 4.78 is 19.1. The van der Waals surface area contributed by atoms with Gasteiger partial charge in [-0.2, -0.15) is 0 Å². The van der Waals surface area contributed by atoms with Crippen LogP contribution in [0, 0.1) is 0 Å². The molecule has 2 N–H and O–H groups in total. The van der Waals surface area contributed by atoms with Crippen LogP contribution < -0.4 is 10.6 Å². The van der Waals surface area contributed by atoms with Gasteiger partial charge in [0.1, 0.15) is 17.7 Å². The maximum Gasteiger partial charge on any atom is 0.411 e. The minimum absolute atomic E-state index is 0.228. The molecule has 0 spiro atoms. The van der Waals surface area contributed by atoms with Crippen LogP contribution in [-0.2, 0) is 32.0 Å². The second-order valence-electron chi connectivity index (χ2n) is 14.5. The molecule has 5 aromatic rings. The van der Waals surface area contributed by atoms with Crippen LogP contribution in [0.15, 0.2) is 121 Å². The zero-order valence-electron chi connectivity index (χ0n) is 31.6. The van der Waals surface area contributed by atoms with Crippen LogP contribution in [0.3, 0.4) is 0 Å². The first-order chi connectivity index (χ1) is 26.6. The Balaban J connectivity index is 1.20. The van der Waals surface area contributed by atoms with E-state index in [-0.39, 0.29) is 19.3 Å². The number of rotatable bonds is 12. The van der Waals surface area contributed by atoms with Gasteiger partial charge in [0.25, 0.3) is 0 Å². The lowest BCUT2D eigenvalue weighted by Crippen LogP contribution is -2.50. The molecule has 2 heterocycles. The summed E-state index contributed by atoms with van der Waals surface area (Å²) in [7, 11) is 1.27. The Morgan fingerprint density at radius 1 is 0.873 bits per heavy atom. The predicted molar refractivity (Wildman–Crippen MR) is 208 cm³/mol. The van der Waals surface area contributed by atoms with Gasteiger partial charge in [0.05, 0.1) is 44.8 Å². The van der Waals surface area contributed by atoms with Crippen LogP contribution in [0.2, 0.25) is 0 Å². The number of nitrogens with one attached hydrogen (secondary N) is 2. The molecule has 1 aliphatic rings. The fourth-order valence-corrected chi connectivity index (χ4v) is 6.83.